The maximum Gasteiger partial charge on any atom is 0.188 e. The number of hydrogen-bond acceptors (Lipinski definition) is 15. The molecule has 3 aromatic rings. The van der Waals surface area contributed by atoms with Gasteiger partial charge in [0, 0.05) is 82.5 Å². The number of H-pyrrole nitrogens is 2. The van der Waals surface area contributed by atoms with Crippen molar-refractivity contribution in [1.82, 2.24) is 19.9 Å². The highest BCUT2D eigenvalue weighted by atomic mass is 32.2. The number of aromatic nitrogens is 4. The lowest BCUT2D eigenvalue weighted by Crippen LogP contribution is -2.57. The molecule has 0 amide bonds. The van der Waals surface area contributed by atoms with Gasteiger partial charge in [0.1, 0.15) is 35.3 Å². The Hall–Kier alpha value is -2.78. The fraction of sp³-hybridized carbons (Fsp3) is 0.620. The monoisotopic (exact) mass is 982 g/mol. The average Bonchev–Trinajstić information content (AvgIpc) is 4.02. The molecule has 7 heterocycles. The molecule has 67 heavy (non-hydrogen) atoms. The van der Waals surface area contributed by atoms with Crippen molar-refractivity contribution in [3.05, 3.63) is 68.8 Å². The summed E-state index contributed by atoms with van der Waals surface area (Å²) < 4.78 is 18.1. The van der Waals surface area contributed by atoms with Crippen LogP contribution >= 0.6 is 35.3 Å². The number of thioether (sulfide) groups is 3. The van der Waals surface area contributed by atoms with E-state index < -0.39 is 42.6 Å². The van der Waals surface area contributed by atoms with E-state index in [1.165, 1.54) is 34.7 Å². The van der Waals surface area contributed by atoms with Crippen LogP contribution in [0.15, 0.2) is 18.2 Å². The number of hydrogen-bond donors (Lipinski definition) is 8. The summed E-state index contributed by atoms with van der Waals surface area (Å²) in [6.45, 7) is 14.7. The van der Waals surface area contributed by atoms with Gasteiger partial charge in [0.25, 0.3) is 0 Å². The standard InChI is InChI=1S/C50H70N4O10S3/c1-8-33-26(3)37-22-41-45(30(7)62-13-9-14-67-50-49(61)48(60)47(59)42(24-56)64-50)28(5)39(53-41)21-38-27(4)34(46(54-38)29(6)36-17-25(2)35(51-36)20-40(33)52-37)11-12-43(58)65-15-10-16-66-44-19-31(57)18-32(23-55)63-44/h17,20-22,27,30-32,34,42,44,47-50,52-53,55-57,59-61H,8-16,18-19,23-24H2,1-7H3/t27-,30?,31-,32-,34-,42+,44-,47+,48-,49+,50?/m0/s1. The third kappa shape index (κ3) is 12.1. The molecule has 0 aromatic carbocycles. The summed E-state index contributed by atoms with van der Waals surface area (Å²) in [5.74, 6) is 2.11. The second-order valence-corrected chi connectivity index (χ2v) is 22.0. The predicted molar refractivity (Wildman–Crippen MR) is 269 cm³/mol. The van der Waals surface area contributed by atoms with Gasteiger partial charge in [-0.1, -0.05) is 25.6 Å². The van der Waals surface area contributed by atoms with E-state index in [0.717, 1.165) is 85.7 Å². The third-order valence-corrected chi connectivity index (χ3v) is 17.2. The van der Waals surface area contributed by atoms with Crippen molar-refractivity contribution in [2.45, 2.75) is 159 Å². The molecule has 14 nitrogen and oxygen atoms in total. The highest BCUT2D eigenvalue weighted by Gasteiger charge is 2.43. The Morgan fingerprint density at radius 1 is 0.851 bits per heavy atom. The van der Waals surface area contributed by atoms with Crippen LogP contribution in [0.2, 0.25) is 0 Å². The first-order valence-corrected chi connectivity index (χ1v) is 26.9. The van der Waals surface area contributed by atoms with Gasteiger partial charge in [0.2, 0.25) is 0 Å². The van der Waals surface area contributed by atoms with Crippen LogP contribution in [0.1, 0.15) is 135 Å². The molecule has 4 aliphatic heterocycles. The summed E-state index contributed by atoms with van der Waals surface area (Å²) in [4.78, 5) is 31.5. The molecule has 368 valence electrons. The maximum atomic E-state index is 13.4. The van der Waals surface area contributed by atoms with Crippen LogP contribution in [0, 0.1) is 20.8 Å². The molecule has 0 spiro atoms. The summed E-state index contributed by atoms with van der Waals surface area (Å²) in [6.07, 6.45) is 0.429. The lowest BCUT2D eigenvalue weighted by atomic mass is 9.86. The van der Waals surface area contributed by atoms with Crippen molar-refractivity contribution in [2.24, 2.45) is 0 Å². The van der Waals surface area contributed by atoms with Gasteiger partial charge >= 0.3 is 0 Å². The number of ether oxygens (including phenoxy) is 3. The first-order chi connectivity index (χ1) is 32.1. The Labute approximate surface area is 406 Å². The number of fused-ring (bicyclic) bond motifs is 8. The van der Waals surface area contributed by atoms with Gasteiger partial charge < -0.3 is 54.8 Å². The van der Waals surface area contributed by atoms with Crippen molar-refractivity contribution in [3.8, 4) is 0 Å². The van der Waals surface area contributed by atoms with Gasteiger partial charge in [-0.15, -0.1) is 23.5 Å². The molecule has 0 aliphatic carbocycles. The van der Waals surface area contributed by atoms with Crippen molar-refractivity contribution < 1.29 is 49.6 Å². The van der Waals surface area contributed by atoms with Crippen LogP contribution in [-0.4, -0.2) is 140 Å². The van der Waals surface area contributed by atoms with Gasteiger partial charge in [-0.05, 0) is 124 Å². The molecule has 0 saturated carbocycles. The first-order valence-electron chi connectivity index (χ1n) is 23.8. The number of allylic oxidation sites excluding steroid dienone is 1. The first kappa shape index (κ1) is 52.1. The van der Waals surface area contributed by atoms with E-state index in [9.17, 15) is 35.4 Å². The van der Waals surface area contributed by atoms with Crippen LogP contribution < -0.4 is 0 Å². The zero-order valence-electron chi connectivity index (χ0n) is 39.8. The SMILES string of the molecule is CCc1c(C)c2cc3[nH]c(cc4nc(c(C)c5nc(cc1[nH]2)C(C)=C5)[C@@H](CCC(=O)SCCCS[C@H]1C[C@@H](O)C[C@@H](CO)O1)[C@@H]4C)c(C)c3C(C)OCCCSC1O[C@H](CO)[C@@H](O)[C@H](O)[C@H]1O. The van der Waals surface area contributed by atoms with Crippen molar-refractivity contribution in [2.75, 3.05) is 37.1 Å². The number of aliphatic hydroxyl groups is 6. The van der Waals surface area contributed by atoms with E-state index >= 15 is 0 Å². The minimum absolute atomic E-state index is 0.00425. The predicted octanol–water partition coefficient (Wildman–Crippen LogP) is 7.27. The minimum atomic E-state index is -1.41. The molecule has 8 N–H and O–H groups in total. The topological polar surface area (TPSA) is 223 Å². The van der Waals surface area contributed by atoms with Crippen molar-refractivity contribution in [3.63, 3.8) is 0 Å². The number of nitrogens with one attached hydrogen (secondary N) is 2. The second kappa shape index (κ2) is 23.4. The molecular formula is C50H70N4O10S3. The number of nitrogens with zero attached hydrogens (tertiary/aromatic N) is 2. The molecule has 2 unspecified atom stereocenters. The minimum Gasteiger partial charge on any atom is -0.394 e. The van der Waals surface area contributed by atoms with Gasteiger partial charge in [0.05, 0.1) is 42.9 Å². The van der Waals surface area contributed by atoms with Gasteiger partial charge in [-0.25, -0.2) is 4.98 Å². The normalized spacial score (nSPS) is 27.0. The second-order valence-electron chi connectivity index (χ2n) is 18.4. The Morgan fingerprint density at radius 3 is 2.34 bits per heavy atom. The molecule has 8 bridgehead atoms. The number of aliphatic hydroxyl groups excluding tert-OH is 6. The lowest BCUT2D eigenvalue weighted by Gasteiger charge is -2.39. The van der Waals surface area contributed by atoms with Crippen molar-refractivity contribution in [1.29, 1.82) is 0 Å². The molecule has 7 rings (SSSR count). The van der Waals surface area contributed by atoms with E-state index in [0.29, 0.717) is 50.2 Å². The molecule has 11 atom stereocenters. The van der Waals surface area contributed by atoms with Gasteiger partial charge in [0.15, 0.2) is 5.12 Å². The highest BCUT2D eigenvalue weighted by Crippen LogP contribution is 2.43. The Kier molecular flexibility index (Phi) is 18.2. The molecule has 3 aromatic heterocycles. The fourth-order valence-electron chi connectivity index (χ4n) is 9.73. The maximum absolute atomic E-state index is 13.4. The quantitative estimate of drug-likeness (QED) is 0.0587. The summed E-state index contributed by atoms with van der Waals surface area (Å²) in [5, 5.41) is 60.3. The van der Waals surface area contributed by atoms with Gasteiger partial charge in [-0.2, -0.15) is 0 Å². The van der Waals surface area contributed by atoms with Gasteiger partial charge in [-0.3, -0.25) is 9.78 Å². The van der Waals surface area contributed by atoms with E-state index in [-0.39, 0.29) is 41.2 Å². The van der Waals surface area contributed by atoms with Crippen LogP contribution in [0.5, 0.6) is 0 Å². The zero-order chi connectivity index (χ0) is 48.1. The largest absolute Gasteiger partial charge is 0.394 e. The smallest absolute Gasteiger partial charge is 0.188 e. The number of carbonyl (C=O) groups is 1. The van der Waals surface area contributed by atoms with E-state index in [2.05, 4.69) is 82.7 Å². The summed E-state index contributed by atoms with van der Waals surface area (Å²) in [6, 6.07) is 6.47. The number of rotatable bonds is 18. The summed E-state index contributed by atoms with van der Waals surface area (Å²) in [7, 11) is 0. The lowest BCUT2D eigenvalue weighted by molar-refractivity contribution is -0.205. The van der Waals surface area contributed by atoms with E-state index in [4.69, 9.17) is 24.2 Å². The van der Waals surface area contributed by atoms with Crippen molar-refractivity contribution >= 4 is 74.1 Å². The molecule has 17 heteroatoms. The van der Waals surface area contributed by atoms with Crippen LogP contribution in [0.3, 0.4) is 0 Å². The molecule has 2 fully saturated rings. The van der Waals surface area contributed by atoms with E-state index in [1.54, 1.807) is 11.8 Å². The average molecular weight is 983 g/mol. The Bertz CT molecular complexity index is 2410. The third-order valence-electron chi connectivity index (χ3n) is 13.7. The summed E-state index contributed by atoms with van der Waals surface area (Å²) >= 11 is 4.33. The van der Waals surface area contributed by atoms with Crippen LogP contribution in [0.25, 0.3) is 33.7 Å². The van der Waals surface area contributed by atoms with Crippen LogP contribution in [-0.2, 0) is 25.4 Å². The number of aromatic amines is 2. The number of aryl methyl sites for hydroxylation is 3. The summed E-state index contributed by atoms with van der Waals surface area (Å²) in [5.41, 5.74) is 13.2. The fourth-order valence-corrected chi connectivity index (χ4v) is 13.0. The Morgan fingerprint density at radius 2 is 1.60 bits per heavy atom. The molecule has 4 aliphatic rings. The molecule has 0 radical (unpaired) electrons. The number of carbonyl (C=O) groups excluding carboxylic acids is 1. The Balaban J connectivity index is 1.13. The van der Waals surface area contributed by atoms with Crippen LogP contribution in [0.4, 0.5) is 0 Å². The highest BCUT2D eigenvalue weighted by molar-refractivity contribution is 8.13. The molecule has 2 saturated heterocycles. The van der Waals surface area contributed by atoms with E-state index in [1.807, 2.05) is 0 Å². The molecular weight excluding hydrogens is 913 g/mol. The zero-order valence-corrected chi connectivity index (χ0v) is 42.2.